The first-order valence-corrected chi connectivity index (χ1v) is 7.11. The molecule has 2 aromatic rings. The van der Waals surface area contributed by atoms with E-state index in [0.29, 0.717) is 12.2 Å². The van der Waals surface area contributed by atoms with Crippen LogP contribution in [0.2, 0.25) is 0 Å². The third kappa shape index (κ3) is 3.34. The lowest BCUT2D eigenvalue weighted by molar-refractivity contribution is 0.0945. The Labute approximate surface area is 125 Å². The summed E-state index contributed by atoms with van der Waals surface area (Å²) in [5.41, 5.74) is 5.23. The van der Waals surface area contributed by atoms with E-state index in [9.17, 15) is 9.90 Å². The Balaban J connectivity index is 2.10. The number of aromatic nitrogens is 1. The van der Waals surface area contributed by atoms with Gasteiger partial charge in [-0.1, -0.05) is 29.8 Å². The van der Waals surface area contributed by atoms with Crippen LogP contribution in [0.3, 0.4) is 0 Å². The summed E-state index contributed by atoms with van der Waals surface area (Å²) < 4.78 is 0. The summed E-state index contributed by atoms with van der Waals surface area (Å²) >= 11 is 0. The predicted octanol–water partition coefficient (Wildman–Crippen LogP) is 2.92. The maximum Gasteiger partial charge on any atom is 0.268 e. The number of benzene rings is 1. The van der Waals surface area contributed by atoms with E-state index >= 15 is 0 Å². The molecule has 1 amide bonds. The van der Waals surface area contributed by atoms with Gasteiger partial charge in [-0.25, -0.2) is 0 Å². The molecule has 0 spiro atoms. The highest BCUT2D eigenvalue weighted by molar-refractivity contribution is 5.94. The van der Waals surface area contributed by atoms with E-state index in [1.54, 1.807) is 6.92 Å². The molecule has 4 nitrogen and oxygen atoms in total. The summed E-state index contributed by atoms with van der Waals surface area (Å²) in [6.45, 7) is 7.95. The van der Waals surface area contributed by atoms with Gasteiger partial charge in [-0.2, -0.15) is 0 Å². The van der Waals surface area contributed by atoms with Crippen molar-refractivity contribution in [3.05, 3.63) is 57.9 Å². The summed E-state index contributed by atoms with van der Waals surface area (Å²) in [7, 11) is 0. The number of carbonyl (C=O) groups is 1. The predicted molar refractivity (Wildman–Crippen MR) is 83.2 cm³/mol. The lowest BCUT2D eigenvalue weighted by Crippen LogP contribution is -2.24. The number of hydrogen-bond acceptors (Lipinski definition) is 2. The molecule has 1 aromatic heterocycles. The SMILES string of the molecule is Cc1ccc(CNC(=O)c2[nH]c(C)c([C@@H](C)O)c2C)cc1. The molecule has 0 aliphatic rings. The van der Waals surface area contributed by atoms with Gasteiger partial charge in [0, 0.05) is 17.8 Å². The first-order chi connectivity index (χ1) is 9.90. The van der Waals surface area contributed by atoms with E-state index in [1.807, 2.05) is 45.0 Å². The zero-order valence-corrected chi connectivity index (χ0v) is 12.9. The van der Waals surface area contributed by atoms with Crippen LogP contribution in [0.5, 0.6) is 0 Å². The van der Waals surface area contributed by atoms with Crippen LogP contribution in [0.4, 0.5) is 0 Å². The highest BCUT2D eigenvalue weighted by Gasteiger charge is 2.19. The van der Waals surface area contributed by atoms with Crippen LogP contribution in [-0.4, -0.2) is 16.0 Å². The summed E-state index contributed by atoms with van der Waals surface area (Å²) in [6, 6.07) is 8.06. The zero-order chi connectivity index (χ0) is 15.6. The number of nitrogens with one attached hydrogen (secondary N) is 2. The van der Waals surface area contributed by atoms with E-state index in [0.717, 1.165) is 22.4 Å². The topological polar surface area (TPSA) is 65.1 Å². The number of carbonyl (C=O) groups excluding carboxylic acids is 1. The molecule has 0 aliphatic carbocycles. The first kappa shape index (κ1) is 15.3. The van der Waals surface area contributed by atoms with Crippen LogP contribution in [0.15, 0.2) is 24.3 Å². The molecule has 1 heterocycles. The summed E-state index contributed by atoms with van der Waals surface area (Å²) in [4.78, 5) is 15.3. The smallest absolute Gasteiger partial charge is 0.268 e. The Morgan fingerprint density at radius 3 is 2.38 bits per heavy atom. The molecular formula is C17H22N2O2. The Bertz CT molecular complexity index is 640. The average molecular weight is 286 g/mol. The van der Waals surface area contributed by atoms with Gasteiger partial charge in [0.15, 0.2) is 0 Å². The summed E-state index contributed by atoms with van der Waals surface area (Å²) in [5, 5.41) is 12.7. The number of H-pyrrole nitrogens is 1. The van der Waals surface area contributed by atoms with Crippen molar-refractivity contribution in [2.24, 2.45) is 0 Å². The molecule has 0 unspecified atom stereocenters. The molecule has 1 atom stereocenters. The standard InChI is InChI=1S/C17H22N2O2/c1-10-5-7-14(8-6-10)9-18-17(21)16-11(2)15(13(4)20)12(3)19-16/h5-8,13,19-20H,9H2,1-4H3,(H,18,21)/t13-/m1/s1. The fraction of sp³-hybridized carbons (Fsp3) is 0.353. The molecule has 4 heteroatoms. The number of aromatic amines is 1. The van der Waals surface area contributed by atoms with Gasteiger partial charge in [-0.3, -0.25) is 4.79 Å². The fourth-order valence-corrected chi connectivity index (χ4v) is 2.59. The van der Waals surface area contributed by atoms with Crippen LogP contribution in [0.25, 0.3) is 0 Å². The monoisotopic (exact) mass is 286 g/mol. The summed E-state index contributed by atoms with van der Waals surface area (Å²) in [5.74, 6) is -0.150. The molecule has 0 aliphatic heterocycles. The molecule has 112 valence electrons. The highest BCUT2D eigenvalue weighted by Crippen LogP contribution is 2.24. The van der Waals surface area contributed by atoms with Gasteiger partial charge in [-0.15, -0.1) is 0 Å². The van der Waals surface area contributed by atoms with Crippen molar-refractivity contribution >= 4 is 5.91 Å². The molecule has 1 aromatic carbocycles. The largest absolute Gasteiger partial charge is 0.389 e. The minimum Gasteiger partial charge on any atom is -0.389 e. The quantitative estimate of drug-likeness (QED) is 0.809. The van der Waals surface area contributed by atoms with Crippen molar-refractivity contribution in [3.8, 4) is 0 Å². The van der Waals surface area contributed by atoms with Crippen LogP contribution in [-0.2, 0) is 6.54 Å². The Kier molecular flexibility index (Phi) is 4.48. The van der Waals surface area contributed by atoms with Gasteiger partial charge in [-0.05, 0) is 38.8 Å². The van der Waals surface area contributed by atoms with Gasteiger partial charge in [0.1, 0.15) is 5.69 Å². The number of hydrogen-bond donors (Lipinski definition) is 3. The number of amides is 1. The number of aryl methyl sites for hydroxylation is 2. The second-order valence-electron chi connectivity index (χ2n) is 5.51. The molecule has 0 saturated heterocycles. The van der Waals surface area contributed by atoms with E-state index in [2.05, 4.69) is 10.3 Å². The maximum absolute atomic E-state index is 12.3. The Hall–Kier alpha value is -2.07. The molecule has 3 N–H and O–H groups in total. The first-order valence-electron chi connectivity index (χ1n) is 7.11. The second kappa shape index (κ2) is 6.14. The van der Waals surface area contributed by atoms with E-state index in [4.69, 9.17) is 0 Å². The molecule has 21 heavy (non-hydrogen) atoms. The Morgan fingerprint density at radius 2 is 1.86 bits per heavy atom. The third-order valence-corrected chi connectivity index (χ3v) is 3.71. The van der Waals surface area contributed by atoms with Crippen LogP contribution >= 0.6 is 0 Å². The fourth-order valence-electron chi connectivity index (χ4n) is 2.59. The van der Waals surface area contributed by atoms with Crippen molar-refractivity contribution in [2.45, 2.75) is 40.3 Å². The highest BCUT2D eigenvalue weighted by atomic mass is 16.3. The number of aliphatic hydroxyl groups excluding tert-OH is 1. The van der Waals surface area contributed by atoms with Gasteiger partial charge < -0.3 is 15.4 Å². The number of rotatable bonds is 4. The molecule has 0 bridgehead atoms. The molecule has 0 saturated carbocycles. The average Bonchev–Trinajstić information content (AvgIpc) is 2.73. The van der Waals surface area contributed by atoms with E-state index < -0.39 is 6.10 Å². The van der Waals surface area contributed by atoms with Crippen molar-refractivity contribution in [1.29, 1.82) is 0 Å². The molecular weight excluding hydrogens is 264 g/mol. The number of aliphatic hydroxyl groups is 1. The minimum atomic E-state index is -0.583. The van der Waals surface area contributed by atoms with E-state index in [1.165, 1.54) is 5.56 Å². The van der Waals surface area contributed by atoms with Crippen LogP contribution in [0.1, 0.15) is 51.5 Å². The van der Waals surface area contributed by atoms with Crippen LogP contribution < -0.4 is 5.32 Å². The minimum absolute atomic E-state index is 0.150. The van der Waals surface area contributed by atoms with Crippen molar-refractivity contribution in [1.82, 2.24) is 10.3 Å². The summed E-state index contributed by atoms with van der Waals surface area (Å²) in [6.07, 6.45) is -0.583. The Morgan fingerprint density at radius 1 is 1.24 bits per heavy atom. The maximum atomic E-state index is 12.3. The molecule has 0 fully saturated rings. The van der Waals surface area contributed by atoms with Crippen LogP contribution in [0, 0.1) is 20.8 Å². The van der Waals surface area contributed by atoms with Crippen molar-refractivity contribution < 1.29 is 9.90 Å². The van der Waals surface area contributed by atoms with Gasteiger partial charge in [0.05, 0.1) is 6.10 Å². The van der Waals surface area contributed by atoms with Gasteiger partial charge in [0.25, 0.3) is 5.91 Å². The van der Waals surface area contributed by atoms with Gasteiger partial charge in [0.2, 0.25) is 0 Å². The van der Waals surface area contributed by atoms with Crippen molar-refractivity contribution in [2.75, 3.05) is 0 Å². The lowest BCUT2D eigenvalue weighted by Gasteiger charge is -2.07. The second-order valence-corrected chi connectivity index (χ2v) is 5.51. The van der Waals surface area contributed by atoms with Crippen molar-refractivity contribution in [3.63, 3.8) is 0 Å². The lowest BCUT2D eigenvalue weighted by atomic mass is 10.1. The van der Waals surface area contributed by atoms with Gasteiger partial charge >= 0.3 is 0 Å². The normalized spacial score (nSPS) is 12.2. The van der Waals surface area contributed by atoms with E-state index in [-0.39, 0.29) is 5.91 Å². The molecule has 0 radical (unpaired) electrons. The molecule has 2 rings (SSSR count). The third-order valence-electron chi connectivity index (χ3n) is 3.71. The zero-order valence-electron chi connectivity index (χ0n) is 12.9.